The molecule has 0 aliphatic heterocycles. The Balaban J connectivity index is 1.90. The summed E-state index contributed by atoms with van der Waals surface area (Å²) in [6.07, 6.45) is -2.88. The number of hydrogen-bond acceptors (Lipinski definition) is 6. The number of aliphatic hydroxyl groups is 1. The molecule has 0 amide bonds. The topological polar surface area (TPSA) is 138 Å². The second kappa shape index (κ2) is 8.76. The standard InChI is InChI=1S/C26H18O8/c27-21(19-13-5-9-15-7-1-3-11-17(15)19)26(25(32)33,22(28)23(29)30)34-24(31)20-14-6-10-16-8-2-4-12-18(16)20/h1-14,22,28H,(H,29,30)(H,32,33)/t22?,26-/m1/s1. The number of esters is 1. The van der Waals surface area contributed by atoms with E-state index >= 15 is 0 Å². The fraction of sp³-hybridized carbons (Fsp3) is 0.0769. The van der Waals surface area contributed by atoms with Crippen molar-refractivity contribution in [1.82, 2.24) is 0 Å². The molecule has 0 radical (unpaired) electrons. The molecule has 8 heteroatoms. The second-order valence-electron chi connectivity index (χ2n) is 7.55. The molecule has 3 N–H and O–H groups in total. The highest BCUT2D eigenvalue weighted by atomic mass is 16.6. The van der Waals surface area contributed by atoms with Gasteiger partial charge in [0.05, 0.1) is 5.56 Å². The van der Waals surface area contributed by atoms with Gasteiger partial charge in [0.15, 0.2) is 0 Å². The van der Waals surface area contributed by atoms with E-state index in [0.29, 0.717) is 21.5 Å². The average Bonchev–Trinajstić information content (AvgIpc) is 2.85. The molecule has 0 fully saturated rings. The summed E-state index contributed by atoms with van der Waals surface area (Å²) in [5.74, 6) is -6.80. The lowest BCUT2D eigenvalue weighted by Crippen LogP contribution is -2.61. The Morgan fingerprint density at radius 1 is 0.676 bits per heavy atom. The molecule has 4 rings (SSSR count). The Kier molecular flexibility index (Phi) is 5.83. The van der Waals surface area contributed by atoms with Crippen molar-refractivity contribution in [2.75, 3.05) is 0 Å². The van der Waals surface area contributed by atoms with Crippen LogP contribution in [0.1, 0.15) is 20.7 Å². The van der Waals surface area contributed by atoms with Crippen molar-refractivity contribution in [1.29, 1.82) is 0 Å². The monoisotopic (exact) mass is 458 g/mol. The first kappa shape index (κ1) is 22.6. The van der Waals surface area contributed by atoms with Crippen molar-refractivity contribution in [3.63, 3.8) is 0 Å². The normalized spacial score (nSPS) is 13.7. The SMILES string of the molecule is O=C(O[C@](C(=O)O)(C(=O)c1cccc2ccccc12)C(O)C(=O)O)c1cccc2ccccc12. The van der Waals surface area contributed by atoms with Gasteiger partial charge < -0.3 is 20.1 Å². The zero-order valence-corrected chi connectivity index (χ0v) is 17.5. The van der Waals surface area contributed by atoms with E-state index in [1.54, 1.807) is 54.6 Å². The molecule has 8 nitrogen and oxygen atoms in total. The number of ether oxygens (including phenoxy) is 1. The Hall–Kier alpha value is -4.56. The molecular weight excluding hydrogens is 440 g/mol. The van der Waals surface area contributed by atoms with Crippen LogP contribution in [-0.2, 0) is 14.3 Å². The number of ketones is 1. The van der Waals surface area contributed by atoms with Crippen LogP contribution in [0.2, 0.25) is 0 Å². The number of aliphatic hydroxyl groups excluding tert-OH is 1. The van der Waals surface area contributed by atoms with E-state index in [4.69, 9.17) is 4.74 Å². The largest absolute Gasteiger partial charge is 0.479 e. The third-order valence-corrected chi connectivity index (χ3v) is 5.57. The summed E-state index contributed by atoms with van der Waals surface area (Å²) in [7, 11) is 0. The van der Waals surface area contributed by atoms with Crippen LogP contribution in [0.15, 0.2) is 84.9 Å². The molecule has 0 saturated heterocycles. The number of aliphatic carboxylic acids is 2. The first-order chi connectivity index (χ1) is 16.3. The highest BCUT2D eigenvalue weighted by Gasteiger charge is 2.60. The molecule has 34 heavy (non-hydrogen) atoms. The number of benzene rings is 4. The lowest BCUT2D eigenvalue weighted by Gasteiger charge is -2.30. The van der Waals surface area contributed by atoms with E-state index in [1.807, 2.05) is 0 Å². The lowest BCUT2D eigenvalue weighted by atomic mass is 9.85. The first-order valence-electron chi connectivity index (χ1n) is 10.2. The van der Waals surface area contributed by atoms with Gasteiger partial charge in [0, 0.05) is 5.56 Å². The molecule has 0 aromatic heterocycles. The molecule has 4 aromatic rings. The summed E-state index contributed by atoms with van der Waals surface area (Å²) in [6.45, 7) is 0. The van der Waals surface area contributed by atoms with Crippen LogP contribution in [0.5, 0.6) is 0 Å². The van der Waals surface area contributed by atoms with Crippen LogP contribution in [0.4, 0.5) is 0 Å². The fourth-order valence-electron chi connectivity index (χ4n) is 3.89. The third-order valence-electron chi connectivity index (χ3n) is 5.57. The molecule has 0 bridgehead atoms. The van der Waals surface area contributed by atoms with Gasteiger partial charge in [-0.05, 0) is 27.6 Å². The second-order valence-corrected chi connectivity index (χ2v) is 7.55. The molecule has 0 saturated carbocycles. The van der Waals surface area contributed by atoms with Crippen molar-refractivity contribution in [3.05, 3.63) is 96.1 Å². The molecule has 0 aliphatic carbocycles. The van der Waals surface area contributed by atoms with Gasteiger partial charge in [0.1, 0.15) is 0 Å². The third kappa shape index (κ3) is 3.66. The summed E-state index contributed by atoms with van der Waals surface area (Å²) in [5, 5.41) is 31.9. The molecular formula is C26H18O8. The fourth-order valence-corrected chi connectivity index (χ4v) is 3.89. The van der Waals surface area contributed by atoms with Crippen molar-refractivity contribution in [3.8, 4) is 0 Å². The van der Waals surface area contributed by atoms with Crippen LogP contribution in [0, 0.1) is 0 Å². The summed E-state index contributed by atoms with van der Waals surface area (Å²) in [4.78, 5) is 50.9. The molecule has 0 spiro atoms. The van der Waals surface area contributed by atoms with Crippen molar-refractivity contribution in [2.24, 2.45) is 0 Å². The molecule has 1 unspecified atom stereocenters. The van der Waals surface area contributed by atoms with Crippen LogP contribution < -0.4 is 0 Å². The maximum Gasteiger partial charge on any atom is 0.360 e. The minimum Gasteiger partial charge on any atom is -0.479 e. The number of fused-ring (bicyclic) bond motifs is 2. The molecule has 170 valence electrons. The van der Waals surface area contributed by atoms with E-state index in [1.165, 1.54) is 30.3 Å². The smallest absolute Gasteiger partial charge is 0.360 e. The van der Waals surface area contributed by atoms with Crippen molar-refractivity contribution in [2.45, 2.75) is 11.7 Å². The number of hydrogen-bond donors (Lipinski definition) is 3. The van der Waals surface area contributed by atoms with E-state index in [9.17, 15) is 34.5 Å². The number of Topliss-reactive ketones (excluding diaryl/α,β-unsaturated/α-hetero) is 1. The lowest BCUT2D eigenvalue weighted by molar-refractivity contribution is -0.176. The van der Waals surface area contributed by atoms with Crippen LogP contribution in [-0.4, -0.2) is 50.7 Å². The predicted octanol–water partition coefficient (Wildman–Crippen LogP) is 3.30. The van der Waals surface area contributed by atoms with Gasteiger partial charge >= 0.3 is 23.5 Å². The van der Waals surface area contributed by atoms with Gasteiger partial charge in [-0.15, -0.1) is 0 Å². The number of carbonyl (C=O) groups is 4. The van der Waals surface area contributed by atoms with Gasteiger partial charge in [-0.25, -0.2) is 14.4 Å². The summed E-state index contributed by atoms with van der Waals surface area (Å²) < 4.78 is 5.16. The molecule has 0 heterocycles. The average molecular weight is 458 g/mol. The van der Waals surface area contributed by atoms with Crippen molar-refractivity contribution >= 4 is 45.2 Å². The van der Waals surface area contributed by atoms with Gasteiger partial charge in [0.25, 0.3) is 0 Å². The number of carboxylic acid groups (broad SMARTS) is 2. The molecule has 2 atom stereocenters. The summed E-state index contributed by atoms with van der Waals surface area (Å²) in [5.41, 5.74) is -3.75. The number of carbonyl (C=O) groups excluding carboxylic acids is 2. The Morgan fingerprint density at radius 3 is 1.68 bits per heavy atom. The maximum atomic E-state index is 13.6. The minimum absolute atomic E-state index is 0.0907. The maximum absolute atomic E-state index is 13.6. The summed E-state index contributed by atoms with van der Waals surface area (Å²) >= 11 is 0. The van der Waals surface area contributed by atoms with E-state index in [2.05, 4.69) is 0 Å². The van der Waals surface area contributed by atoms with E-state index in [0.717, 1.165) is 0 Å². The highest BCUT2D eigenvalue weighted by Crippen LogP contribution is 2.30. The van der Waals surface area contributed by atoms with Gasteiger partial charge in [-0.3, -0.25) is 4.79 Å². The predicted molar refractivity (Wildman–Crippen MR) is 122 cm³/mol. The van der Waals surface area contributed by atoms with Crippen LogP contribution in [0.3, 0.4) is 0 Å². The minimum atomic E-state index is -3.44. The van der Waals surface area contributed by atoms with Gasteiger partial charge in [0.2, 0.25) is 11.9 Å². The quantitative estimate of drug-likeness (QED) is 0.218. The van der Waals surface area contributed by atoms with Crippen molar-refractivity contribution < 1.29 is 39.2 Å². The molecule has 4 aromatic carbocycles. The zero-order valence-electron chi connectivity index (χ0n) is 17.5. The van der Waals surface area contributed by atoms with Gasteiger partial charge in [-0.2, -0.15) is 0 Å². The van der Waals surface area contributed by atoms with Gasteiger partial charge in [-0.1, -0.05) is 78.9 Å². The number of rotatable bonds is 7. The zero-order chi connectivity index (χ0) is 24.5. The molecule has 0 aliphatic rings. The highest BCUT2D eigenvalue weighted by molar-refractivity contribution is 6.23. The Bertz CT molecular complexity index is 1450. The van der Waals surface area contributed by atoms with E-state index < -0.39 is 35.4 Å². The summed E-state index contributed by atoms with van der Waals surface area (Å²) in [6, 6.07) is 22.2. The Labute approximate surface area is 192 Å². The number of carboxylic acids is 2. The van der Waals surface area contributed by atoms with Crippen LogP contribution in [0.25, 0.3) is 21.5 Å². The first-order valence-corrected chi connectivity index (χ1v) is 10.2. The Morgan fingerprint density at radius 2 is 1.15 bits per heavy atom. The van der Waals surface area contributed by atoms with Crippen LogP contribution >= 0.6 is 0 Å². The van der Waals surface area contributed by atoms with E-state index in [-0.39, 0.29) is 11.1 Å².